The van der Waals surface area contributed by atoms with Crippen LogP contribution in [0.3, 0.4) is 0 Å². The lowest BCUT2D eigenvalue weighted by atomic mass is 10.2. The van der Waals surface area contributed by atoms with Crippen LogP contribution in [0.2, 0.25) is 0 Å². The molecule has 0 saturated carbocycles. The molecular formula is C13H10N2O3S. The molecule has 0 aliphatic heterocycles. The van der Waals surface area contributed by atoms with Gasteiger partial charge >= 0.3 is 0 Å². The van der Waals surface area contributed by atoms with Crippen LogP contribution < -0.4 is 10.1 Å². The van der Waals surface area contributed by atoms with Gasteiger partial charge in [-0.2, -0.15) is 5.26 Å². The Morgan fingerprint density at radius 3 is 2.95 bits per heavy atom. The summed E-state index contributed by atoms with van der Waals surface area (Å²) in [7, 11) is 1.48. The van der Waals surface area contributed by atoms with Gasteiger partial charge in [0.05, 0.1) is 24.4 Å². The van der Waals surface area contributed by atoms with E-state index in [2.05, 4.69) is 5.32 Å². The van der Waals surface area contributed by atoms with Crippen LogP contribution >= 0.6 is 11.3 Å². The van der Waals surface area contributed by atoms with Gasteiger partial charge in [0, 0.05) is 0 Å². The largest absolute Gasteiger partial charge is 0.506 e. The SMILES string of the molecule is COc1ccsc1C(=O)Nc1cc(C#N)ccc1O. The van der Waals surface area contributed by atoms with Gasteiger partial charge in [0.25, 0.3) is 5.91 Å². The van der Waals surface area contributed by atoms with Gasteiger partial charge in [0.2, 0.25) is 0 Å². The number of methoxy groups -OCH3 is 1. The average Bonchev–Trinajstić information content (AvgIpc) is 2.89. The van der Waals surface area contributed by atoms with Crippen molar-refractivity contribution in [2.75, 3.05) is 12.4 Å². The summed E-state index contributed by atoms with van der Waals surface area (Å²) in [4.78, 5) is 12.4. The molecular weight excluding hydrogens is 264 g/mol. The van der Waals surface area contributed by atoms with Gasteiger partial charge in [0.1, 0.15) is 16.4 Å². The van der Waals surface area contributed by atoms with E-state index < -0.39 is 5.91 Å². The number of ether oxygens (including phenoxy) is 1. The van der Waals surface area contributed by atoms with Crippen LogP contribution in [-0.4, -0.2) is 18.1 Å². The number of nitriles is 1. The molecule has 1 amide bonds. The van der Waals surface area contributed by atoms with E-state index in [9.17, 15) is 9.90 Å². The molecule has 1 heterocycles. The maximum absolute atomic E-state index is 12.0. The molecule has 1 aromatic heterocycles. The Kier molecular flexibility index (Phi) is 3.68. The highest BCUT2D eigenvalue weighted by atomic mass is 32.1. The first-order valence-corrected chi connectivity index (χ1v) is 6.19. The van der Waals surface area contributed by atoms with Gasteiger partial charge in [0.15, 0.2) is 0 Å². The zero-order chi connectivity index (χ0) is 13.8. The van der Waals surface area contributed by atoms with Crippen molar-refractivity contribution in [3.8, 4) is 17.6 Å². The predicted molar refractivity (Wildman–Crippen MR) is 71.6 cm³/mol. The van der Waals surface area contributed by atoms with Gasteiger partial charge in [-0.15, -0.1) is 11.3 Å². The van der Waals surface area contributed by atoms with Crippen LogP contribution in [0.4, 0.5) is 5.69 Å². The number of nitrogens with zero attached hydrogens (tertiary/aromatic N) is 1. The monoisotopic (exact) mass is 274 g/mol. The fraction of sp³-hybridized carbons (Fsp3) is 0.0769. The summed E-state index contributed by atoms with van der Waals surface area (Å²) in [6.07, 6.45) is 0. The number of phenols is 1. The van der Waals surface area contributed by atoms with E-state index in [0.29, 0.717) is 16.2 Å². The second-order valence-corrected chi connectivity index (χ2v) is 4.53. The van der Waals surface area contributed by atoms with Gasteiger partial charge in [-0.3, -0.25) is 4.79 Å². The Hall–Kier alpha value is -2.52. The van der Waals surface area contributed by atoms with Crippen molar-refractivity contribution >= 4 is 22.9 Å². The number of phenolic OH excluding ortho intramolecular Hbond substituents is 1. The summed E-state index contributed by atoms with van der Waals surface area (Å²) >= 11 is 1.23. The molecule has 96 valence electrons. The minimum absolute atomic E-state index is 0.0946. The van der Waals surface area contributed by atoms with Gasteiger partial charge in [-0.1, -0.05) is 0 Å². The van der Waals surface area contributed by atoms with E-state index in [1.165, 1.54) is 36.6 Å². The van der Waals surface area contributed by atoms with Gasteiger partial charge in [-0.05, 0) is 29.6 Å². The van der Waals surface area contributed by atoms with Crippen LogP contribution in [0.1, 0.15) is 15.2 Å². The molecule has 2 N–H and O–H groups in total. The minimum Gasteiger partial charge on any atom is -0.506 e. The van der Waals surface area contributed by atoms with E-state index in [1.54, 1.807) is 11.4 Å². The number of hydrogen-bond acceptors (Lipinski definition) is 5. The fourth-order valence-electron chi connectivity index (χ4n) is 1.51. The zero-order valence-electron chi connectivity index (χ0n) is 10.0. The first-order valence-electron chi connectivity index (χ1n) is 5.31. The summed E-state index contributed by atoms with van der Waals surface area (Å²) in [6, 6.07) is 7.87. The number of carbonyl (C=O) groups is 1. The fourth-order valence-corrected chi connectivity index (χ4v) is 2.26. The Labute approximate surface area is 113 Å². The highest BCUT2D eigenvalue weighted by Gasteiger charge is 2.15. The quantitative estimate of drug-likeness (QED) is 0.843. The van der Waals surface area contributed by atoms with Gasteiger partial charge in [-0.25, -0.2) is 0 Å². The summed E-state index contributed by atoms with van der Waals surface area (Å²) in [6.45, 7) is 0. The number of anilines is 1. The second-order valence-electron chi connectivity index (χ2n) is 3.62. The number of hydrogen-bond donors (Lipinski definition) is 2. The molecule has 0 aliphatic carbocycles. The van der Waals surface area contributed by atoms with Crippen LogP contribution in [-0.2, 0) is 0 Å². The van der Waals surface area contributed by atoms with E-state index in [1.807, 2.05) is 6.07 Å². The van der Waals surface area contributed by atoms with Gasteiger partial charge < -0.3 is 15.2 Å². The number of nitrogens with one attached hydrogen (secondary N) is 1. The Morgan fingerprint density at radius 2 is 2.26 bits per heavy atom. The minimum atomic E-state index is -0.391. The summed E-state index contributed by atoms with van der Waals surface area (Å²) in [5, 5.41) is 22.7. The standard InChI is InChI=1S/C13H10N2O3S/c1-18-11-4-5-19-12(11)13(17)15-9-6-8(7-14)2-3-10(9)16/h2-6,16H,1H3,(H,15,17). The normalized spacial score (nSPS) is 9.68. The third-order valence-corrected chi connectivity index (χ3v) is 3.32. The lowest BCUT2D eigenvalue weighted by Gasteiger charge is -2.07. The third kappa shape index (κ3) is 2.67. The Balaban J connectivity index is 2.27. The van der Waals surface area contributed by atoms with Crippen LogP contribution in [0.5, 0.6) is 11.5 Å². The number of thiophene rings is 1. The summed E-state index contributed by atoms with van der Waals surface area (Å²) < 4.78 is 5.05. The molecule has 0 fully saturated rings. The predicted octanol–water partition coefficient (Wildman–Crippen LogP) is 2.59. The van der Waals surface area contributed by atoms with E-state index >= 15 is 0 Å². The molecule has 2 aromatic rings. The number of amides is 1. The number of rotatable bonds is 3. The maximum atomic E-state index is 12.0. The Bertz CT molecular complexity index is 658. The van der Waals surface area contributed by atoms with Crippen LogP contribution in [0, 0.1) is 11.3 Å². The average molecular weight is 274 g/mol. The smallest absolute Gasteiger partial charge is 0.269 e. The molecule has 0 saturated heterocycles. The molecule has 0 atom stereocenters. The molecule has 0 radical (unpaired) electrons. The van der Waals surface area contributed by atoms with Crippen molar-refractivity contribution in [1.82, 2.24) is 0 Å². The number of aromatic hydroxyl groups is 1. The van der Waals surface area contributed by atoms with Crippen molar-refractivity contribution in [3.05, 3.63) is 40.1 Å². The van der Waals surface area contributed by atoms with Crippen molar-refractivity contribution in [2.45, 2.75) is 0 Å². The maximum Gasteiger partial charge on any atom is 0.269 e. The first kappa shape index (κ1) is 12.9. The highest BCUT2D eigenvalue weighted by Crippen LogP contribution is 2.28. The van der Waals surface area contributed by atoms with Crippen molar-refractivity contribution in [1.29, 1.82) is 5.26 Å². The van der Waals surface area contributed by atoms with Crippen molar-refractivity contribution < 1.29 is 14.6 Å². The lowest BCUT2D eigenvalue weighted by molar-refractivity contribution is 0.102. The topological polar surface area (TPSA) is 82.3 Å². The van der Waals surface area contributed by atoms with E-state index in [4.69, 9.17) is 10.00 Å². The molecule has 0 bridgehead atoms. The number of carbonyl (C=O) groups excluding carboxylic acids is 1. The Morgan fingerprint density at radius 1 is 1.47 bits per heavy atom. The zero-order valence-corrected chi connectivity index (χ0v) is 10.8. The summed E-state index contributed by atoms with van der Waals surface area (Å²) in [5.74, 6) is -0.0152. The molecule has 2 rings (SSSR count). The molecule has 5 nitrogen and oxygen atoms in total. The van der Waals surface area contributed by atoms with E-state index in [0.717, 1.165) is 0 Å². The molecule has 0 aliphatic rings. The molecule has 0 spiro atoms. The number of benzene rings is 1. The van der Waals surface area contributed by atoms with E-state index in [-0.39, 0.29) is 11.4 Å². The lowest BCUT2D eigenvalue weighted by Crippen LogP contribution is -2.11. The van der Waals surface area contributed by atoms with Crippen LogP contribution in [0.15, 0.2) is 29.6 Å². The van der Waals surface area contributed by atoms with Crippen LogP contribution in [0.25, 0.3) is 0 Å². The molecule has 6 heteroatoms. The molecule has 0 unspecified atom stereocenters. The van der Waals surface area contributed by atoms with Crippen molar-refractivity contribution in [2.24, 2.45) is 0 Å². The van der Waals surface area contributed by atoms with Crippen molar-refractivity contribution in [3.63, 3.8) is 0 Å². The molecule has 19 heavy (non-hydrogen) atoms. The first-order chi connectivity index (χ1) is 9.15. The molecule has 1 aromatic carbocycles. The highest BCUT2D eigenvalue weighted by molar-refractivity contribution is 7.12. The second kappa shape index (κ2) is 5.42. The third-order valence-electron chi connectivity index (χ3n) is 2.43. The summed E-state index contributed by atoms with van der Waals surface area (Å²) in [5.41, 5.74) is 0.547.